The highest BCUT2D eigenvalue weighted by molar-refractivity contribution is 6.01. The van der Waals surface area contributed by atoms with Gasteiger partial charge in [-0.3, -0.25) is 14.4 Å². The molecule has 5 N–H and O–H groups in total. The predicted octanol–water partition coefficient (Wildman–Crippen LogP) is 0.812. The first-order valence-corrected chi connectivity index (χ1v) is 15.5. The van der Waals surface area contributed by atoms with Gasteiger partial charge in [0.1, 0.15) is 36.1 Å². The van der Waals surface area contributed by atoms with Gasteiger partial charge < -0.3 is 39.7 Å². The second-order valence-electron chi connectivity index (χ2n) is 14.1. The van der Waals surface area contributed by atoms with E-state index in [1.54, 1.807) is 18.2 Å². The zero-order chi connectivity index (χ0) is 35.5. The molecule has 0 spiro atoms. The summed E-state index contributed by atoms with van der Waals surface area (Å²) in [5.74, 6) is -10.0. The molecule has 0 aliphatic heterocycles. The van der Waals surface area contributed by atoms with Crippen LogP contribution in [0.4, 0.5) is 0 Å². The molecule has 4 rings (SSSR count). The van der Waals surface area contributed by atoms with Gasteiger partial charge in [-0.1, -0.05) is 45.0 Å². The number of carbonyl (C=O) groups excluding carboxylic acids is 5. The highest BCUT2D eigenvalue weighted by Crippen LogP contribution is 2.58. The van der Waals surface area contributed by atoms with Gasteiger partial charge in [-0.05, 0) is 51.7 Å². The van der Waals surface area contributed by atoms with Gasteiger partial charge in [0, 0.05) is 23.8 Å². The van der Waals surface area contributed by atoms with Gasteiger partial charge in [-0.25, -0.2) is 9.59 Å². The molecule has 47 heavy (non-hydrogen) atoms. The van der Waals surface area contributed by atoms with E-state index in [-0.39, 0.29) is 17.6 Å². The van der Waals surface area contributed by atoms with Crippen molar-refractivity contribution >= 4 is 29.5 Å². The van der Waals surface area contributed by atoms with Crippen molar-refractivity contribution < 1.29 is 63.7 Å². The Morgan fingerprint density at radius 1 is 0.936 bits per heavy atom. The predicted molar refractivity (Wildman–Crippen MR) is 162 cm³/mol. The lowest BCUT2D eigenvalue weighted by Gasteiger charge is -2.47. The smallest absolute Gasteiger partial charge is 0.338 e. The molecule has 1 aromatic carbocycles. The maximum Gasteiger partial charge on any atom is 0.338 e. The number of benzene rings is 1. The van der Waals surface area contributed by atoms with Crippen molar-refractivity contribution in [2.75, 3.05) is 6.61 Å². The van der Waals surface area contributed by atoms with Crippen LogP contribution in [0.25, 0.3) is 0 Å². The minimum atomic E-state index is -3.14. The maximum atomic E-state index is 14.6. The molecule has 0 unspecified atom stereocenters. The van der Waals surface area contributed by atoms with E-state index in [9.17, 15) is 49.5 Å². The molecular weight excluding hydrogens is 616 g/mol. The Kier molecular flexibility index (Phi) is 9.43. The van der Waals surface area contributed by atoms with E-state index in [2.05, 4.69) is 0 Å². The number of aliphatic hydroxyl groups is 5. The Bertz CT molecular complexity index is 1480. The lowest BCUT2D eigenvalue weighted by Crippen LogP contribution is -2.71. The zero-order valence-electron chi connectivity index (χ0n) is 27.6. The first-order valence-electron chi connectivity index (χ1n) is 15.5. The molecule has 3 fully saturated rings. The van der Waals surface area contributed by atoms with Gasteiger partial charge in [0.25, 0.3) is 0 Å². The van der Waals surface area contributed by atoms with Crippen molar-refractivity contribution in [1.82, 2.24) is 0 Å². The van der Waals surface area contributed by atoms with Crippen LogP contribution in [0.15, 0.2) is 42.0 Å². The minimum absolute atomic E-state index is 0.0189. The summed E-state index contributed by atoms with van der Waals surface area (Å²) >= 11 is 0. The molecule has 0 heterocycles. The van der Waals surface area contributed by atoms with Gasteiger partial charge in [0.15, 0.2) is 22.8 Å². The number of carbonyl (C=O) groups is 5. The third-order valence-corrected chi connectivity index (χ3v) is 10.3. The summed E-state index contributed by atoms with van der Waals surface area (Å²) in [4.78, 5) is 67.4. The topological polar surface area (TPSA) is 214 Å². The number of Topliss-reactive ketones (excluding diaryl/α,β-unsaturated/α-hetero) is 2. The van der Waals surface area contributed by atoms with E-state index < -0.39 is 106 Å². The Balaban J connectivity index is 2.07. The van der Waals surface area contributed by atoms with Crippen LogP contribution >= 0.6 is 0 Å². The fourth-order valence-corrected chi connectivity index (χ4v) is 7.72. The van der Waals surface area contributed by atoms with Crippen LogP contribution in [0.2, 0.25) is 0 Å². The molecule has 0 aromatic heterocycles. The third kappa shape index (κ3) is 5.71. The summed E-state index contributed by atoms with van der Waals surface area (Å²) in [7, 11) is 0. The number of allylic oxidation sites excluding steroid dienone is 1. The number of hydrogen-bond donors (Lipinski definition) is 5. The summed E-state index contributed by atoms with van der Waals surface area (Å²) in [5.41, 5.74) is -13.2. The lowest BCUT2D eigenvalue weighted by molar-refractivity contribution is -0.255. The van der Waals surface area contributed by atoms with Crippen molar-refractivity contribution in [3.05, 3.63) is 47.5 Å². The monoisotopic (exact) mass is 660 g/mol. The first kappa shape index (κ1) is 36.3. The second kappa shape index (κ2) is 12.2. The van der Waals surface area contributed by atoms with Crippen molar-refractivity contribution in [2.24, 2.45) is 23.2 Å². The molecule has 1 aromatic rings. The molecule has 13 heteroatoms. The molecular formula is C34H44O13. The number of rotatable bonds is 6. The minimum Gasteiger partial charge on any atom is -0.463 e. The Labute approximate surface area is 272 Å². The fraction of sp³-hybridized carbons (Fsp3) is 0.618. The van der Waals surface area contributed by atoms with Crippen LogP contribution in [0.1, 0.15) is 71.7 Å². The quantitative estimate of drug-likeness (QED) is 0.163. The first-order chi connectivity index (χ1) is 21.6. The molecule has 258 valence electrons. The fourth-order valence-electron chi connectivity index (χ4n) is 7.72. The summed E-state index contributed by atoms with van der Waals surface area (Å²) in [5, 5.41) is 61.3. The second-order valence-corrected chi connectivity index (χ2v) is 14.1. The molecule has 0 saturated heterocycles. The Hall–Kier alpha value is -3.49. The molecule has 0 radical (unpaired) electrons. The van der Waals surface area contributed by atoms with Gasteiger partial charge >= 0.3 is 17.9 Å². The van der Waals surface area contributed by atoms with Crippen LogP contribution in [0, 0.1) is 23.2 Å². The average Bonchev–Trinajstić information content (AvgIpc) is 3.38. The van der Waals surface area contributed by atoms with Crippen molar-refractivity contribution in [3.8, 4) is 0 Å². The normalized spacial score (nSPS) is 40.0. The lowest BCUT2D eigenvalue weighted by atomic mass is 9.68. The maximum absolute atomic E-state index is 14.6. The van der Waals surface area contributed by atoms with Gasteiger partial charge in [-0.2, -0.15) is 0 Å². The zero-order valence-corrected chi connectivity index (χ0v) is 27.6. The molecule has 0 amide bonds. The Morgan fingerprint density at radius 3 is 2.09 bits per heavy atom. The van der Waals surface area contributed by atoms with E-state index >= 15 is 0 Å². The van der Waals surface area contributed by atoms with Gasteiger partial charge in [0.2, 0.25) is 0 Å². The Morgan fingerprint density at radius 2 is 1.53 bits per heavy atom. The number of esters is 3. The summed E-state index contributed by atoms with van der Waals surface area (Å²) in [6.07, 6.45) is -6.04. The number of ketones is 2. The number of ether oxygens (including phenoxy) is 3. The van der Waals surface area contributed by atoms with Gasteiger partial charge in [-0.15, -0.1) is 0 Å². The molecule has 0 bridgehead atoms. The van der Waals surface area contributed by atoms with E-state index in [1.807, 2.05) is 0 Å². The van der Waals surface area contributed by atoms with Crippen LogP contribution in [-0.4, -0.2) is 102 Å². The average molecular weight is 661 g/mol. The molecule has 10 atom stereocenters. The van der Waals surface area contributed by atoms with E-state index in [4.69, 9.17) is 14.2 Å². The van der Waals surface area contributed by atoms with Crippen molar-refractivity contribution in [2.45, 2.75) is 102 Å². The molecule has 3 aliphatic rings. The number of aliphatic hydroxyl groups excluding tert-OH is 1. The standard InChI is InChI=1S/C34H44O13/c1-8-17(2)25(36)47-24-22-23(46-26(37)20-12-10-9-11-13-20)18(3)14-32(22,42)28(39)31(7,41)21-15-30(5,6)27(38)34(21,44)29(40)33(24,43)16-45-19(4)35/h8-13,18,21-24,29,40-44H,14-16H2,1-7H3/t18-,21+,22+,23-,24+,29-,31-,32+,33-,34-/m0/s1. The van der Waals surface area contributed by atoms with Crippen molar-refractivity contribution in [1.29, 1.82) is 0 Å². The highest BCUT2D eigenvalue weighted by Gasteiger charge is 2.77. The number of fused-ring (bicyclic) bond motifs is 2. The molecule has 3 saturated carbocycles. The van der Waals surface area contributed by atoms with Crippen LogP contribution in [0.5, 0.6) is 0 Å². The van der Waals surface area contributed by atoms with Crippen LogP contribution in [0.3, 0.4) is 0 Å². The molecule has 3 aliphatic carbocycles. The SMILES string of the molecule is CC=C(C)C(=O)O[C@@H]1[C@H]2[C@@H](OC(=O)c3ccccc3)[C@@H](C)C[C@]2(O)C(=O)[C@@](C)(O)[C@H]2CC(C)(C)C(=O)[C@]2(O)[C@@H](O)[C@]1(O)COC(C)=O. The number of hydrogen-bond acceptors (Lipinski definition) is 13. The molecule has 13 nitrogen and oxygen atoms in total. The highest BCUT2D eigenvalue weighted by atomic mass is 16.6. The van der Waals surface area contributed by atoms with E-state index in [0.29, 0.717) is 0 Å². The van der Waals surface area contributed by atoms with Gasteiger partial charge in [0.05, 0.1) is 11.5 Å². The van der Waals surface area contributed by atoms with Crippen LogP contribution < -0.4 is 0 Å². The van der Waals surface area contributed by atoms with E-state index in [0.717, 1.165) is 13.8 Å². The summed E-state index contributed by atoms with van der Waals surface area (Å²) < 4.78 is 16.8. The third-order valence-electron chi connectivity index (χ3n) is 10.3. The van der Waals surface area contributed by atoms with E-state index in [1.165, 1.54) is 52.8 Å². The largest absolute Gasteiger partial charge is 0.463 e. The van der Waals surface area contributed by atoms with Crippen LogP contribution in [-0.2, 0) is 33.4 Å². The van der Waals surface area contributed by atoms with Crippen molar-refractivity contribution in [3.63, 3.8) is 0 Å². The summed E-state index contributed by atoms with van der Waals surface area (Å²) in [6, 6.07) is 7.70. The summed E-state index contributed by atoms with van der Waals surface area (Å²) in [6.45, 7) is 7.95.